The van der Waals surface area contributed by atoms with Gasteiger partial charge in [-0.15, -0.1) is 0 Å². The quantitative estimate of drug-likeness (QED) is 0.122. The summed E-state index contributed by atoms with van der Waals surface area (Å²) in [5.74, 6) is 0.558. The molecule has 1 aliphatic carbocycles. The lowest BCUT2D eigenvalue weighted by molar-refractivity contribution is 0.725. The fourth-order valence-electron chi connectivity index (χ4n) is 10.4. The second-order valence-electron chi connectivity index (χ2n) is 17.1. The molecule has 0 radical (unpaired) electrons. The molecule has 0 spiro atoms. The number of benzene rings is 7. The molecule has 10 rings (SSSR count). The van der Waals surface area contributed by atoms with Crippen molar-refractivity contribution in [2.75, 3.05) is 0 Å². The van der Waals surface area contributed by atoms with Crippen LogP contribution in [-0.2, 0) is 0 Å². The fraction of sp³-hybridized carbons (Fsp3) is 0.176. The summed E-state index contributed by atoms with van der Waals surface area (Å²) < 4.78 is 0. The van der Waals surface area contributed by atoms with E-state index in [2.05, 4.69) is 190 Å². The molecule has 0 aromatic heterocycles. The molecule has 0 atom stereocenters. The van der Waals surface area contributed by atoms with Gasteiger partial charge in [-0.25, -0.2) is 0 Å². The van der Waals surface area contributed by atoms with Crippen molar-refractivity contribution >= 4 is 89.2 Å². The second kappa shape index (κ2) is 14.1. The topological polar surface area (TPSA) is 0 Å². The summed E-state index contributed by atoms with van der Waals surface area (Å²) in [6.45, 7) is 10.2. The van der Waals surface area contributed by atoms with E-state index in [0.29, 0.717) is 5.92 Å². The lowest BCUT2D eigenvalue weighted by atomic mass is 9.89. The Bertz CT molecular complexity index is 2570. The zero-order valence-electron chi connectivity index (χ0n) is 32.8. The molecule has 0 saturated heterocycles. The van der Waals surface area contributed by atoms with E-state index in [1.54, 1.807) is 26.3 Å². The minimum Gasteiger partial charge on any atom is -0.0904 e. The van der Waals surface area contributed by atoms with Crippen LogP contribution in [0.15, 0.2) is 183 Å². The Balaban J connectivity index is 1.26. The molecular weight excluding hydrogens is 761 g/mol. The van der Waals surface area contributed by atoms with Crippen LogP contribution in [0.3, 0.4) is 0 Å². The first kappa shape index (κ1) is 36.2. The molecule has 7 aromatic carbocycles. The normalized spacial score (nSPS) is 16.7. The molecule has 2 aliphatic heterocycles. The molecule has 7 aromatic rings. The molecule has 0 unspecified atom stereocenters. The molecule has 5 heteroatoms. The Morgan fingerprint density at radius 3 is 1.55 bits per heavy atom. The lowest BCUT2D eigenvalue weighted by Gasteiger charge is -2.40. The van der Waals surface area contributed by atoms with E-state index in [9.17, 15) is 0 Å². The van der Waals surface area contributed by atoms with Gasteiger partial charge >= 0.3 is 0 Å². The van der Waals surface area contributed by atoms with Gasteiger partial charge in [-0.3, -0.25) is 0 Å². The van der Waals surface area contributed by atoms with E-state index < -0.39 is 24.2 Å². The minimum atomic E-state index is -2.87. The molecular formula is C51H48S2Si3. The summed E-state index contributed by atoms with van der Waals surface area (Å²) in [6, 6.07) is 64.2. The first-order chi connectivity index (χ1) is 27.3. The predicted molar refractivity (Wildman–Crippen MR) is 251 cm³/mol. The van der Waals surface area contributed by atoms with Crippen molar-refractivity contribution < 1.29 is 0 Å². The summed E-state index contributed by atoms with van der Waals surface area (Å²) >= 11 is 4.04. The summed E-state index contributed by atoms with van der Waals surface area (Å²) in [5.41, 5.74) is 4.44. The first-order valence-electron chi connectivity index (χ1n) is 20.4. The number of fused-ring (bicyclic) bond motifs is 4. The number of hydrogen-bond acceptors (Lipinski definition) is 2. The largest absolute Gasteiger partial charge is 0.180 e. The van der Waals surface area contributed by atoms with Crippen LogP contribution in [0.1, 0.15) is 37.2 Å². The Labute approximate surface area is 344 Å². The maximum Gasteiger partial charge on any atom is 0.180 e. The van der Waals surface area contributed by atoms with Gasteiger partial charge in [-0.2, -0.15) is 0 Å². The van der Waals surface area contributed by atoms with Crippen molar-refractivity contribution in [1.29, 1.82) is 0 Å². The smallest absolute Gasteiger partial charge is 0.0904 e. The average Bonchev–Trinajstić information content (AvgIpc) is 3.78. The van der Waals surface area contributed by atoms with Crippen LogP contribution in [0, 0.1) is 0 Å². The standard InChI is InChI=1S/C51H48S2Si3/c1-54(2)45-28-15-13-26-43(45)52-50-41(25-17-30-47(50)54)40-34-33-39(35-42(40)36-19-11-12-20-36)56(37-21-7-5-8-22-37,38-23-9-6-10-24-38)49-32-18-31-48-51(49)53-44-27-14-16-29-46(44)55(48,3)4/h5-10,13-18,21-36H,11-12,19-20H2,1-4H3. The van der Waals surface area contributed by atoms with E-state index in [1.165, 1.54) is 77.1 Å². The Morgan fingerprint density at radius 1 is 0.446 bits per heavy atom. The van der Waals surface area contributed by atoms with E-state index in [1.807, 2.05) is 23.5 Å². The predicted octanol–water partition coefficient (Wildman–Crippen LogP) is 8.96. The third-order valence-corrected chi connectivity index (χ3v) is 28.5. The molecule has 0 N–H and O–H groups in total. The summed E-state index contributed by atoms with van der Waals surface area (Å²) in [4.78, 5) is 5.88. The summed E-state index contributed by atoms with van der Waals surface area (Å²) in [5, 5.41) is 12.3. The Kier molecular flexibility index (Phi) is 9.11. The zero-order valence-corrected chi connectivity index (χ0v) is 37.4. The van der Waals surface area contributed by atoms with Crippen LogP contribution in [0.5, 0.6) is 0 Å². The summed E-state index contributed by atoms with van der Waals surface area (Å²) in [7, 11) is -6.73. The molecule has 2 heterocycles. The highest BCUT2D eigenvalue weighted by atomic mass is 32.2. The lowest BCUT2D eigenvalue weighted by Crippen LogP contribution is -2.76. The third kappa shape index (κ3) is 5.60. The van der Waals surface area contributed by atoms with Crippen molar-refractivity contribution in [3.63, 3.8) is 0 Å². The van der Waals surface area contributed by atoms with Crippen molar-refractivity contribution in [2.24, 2.45) is 0 Å². The van der Waals surface area contributed by atoms with E-state index in [4.69, 9.17) is 0 Å². The van der Waals surface area contributed by atoms with Gasteiger partial charge in [-0.1, -0.05) is 214 Å². The molecule has 1 saturated carbocycles. The van der Waals surface area contributed by atoms with Gasteiger partial charge < -0.3 is 0 Å². The van der Waals surface area contributed by atoms with Crippen LogP contribution >= 0.6 is 23.5 Å². The van der Waals surface area contributed by atoms with Crippen LogP contribution in [0.25, 0.3) is 11.1 Å². The van der Waals surface area contributed by atoms with Crippen molar-refractivity contribution in [1.82, 2.24) is 0 Å². The molecule has 0 amide bonds. The molecule has 0 bridgehead atoms. The van der Waals surface area contributed by atoms with Gasteiger partial charge in [0, 0.05) is 19.6 Å². The molecule has 56 heavy (non-hydrogen) atoms. The van der Waals surface area contributed by atoms with Crippen molar-refractivity contribution in [3.05, 3.63) is 169 Å². The second-order valence-corrected chi connectivity index (χ2v) is 31.6. The third-order valence-electron chi connectivity index (χ3n) is 13.3. The highest BCUT2D eigenvalue weighted by molar-refractivity contribution is 8.00. The molecule has 3 aliphatic rings. The van der Waals surface area contributed by atoms with E-state index >= 15 is 0 Å². The van der Waals surface area contributed by atoms with Crippen LogP contribution < -0.4 is 41.5 Å². The average molecular weight is 809 g/mol. The molecule has 276 valence electrons. The van der Waals surface area contributed by atoms with Crippen molar-refractivity contribution in [3.8, 4) is 11.1 Å². The minimum absolute atomic E-state index is 0.558. The Morgan fingerprint density at radius 2 is 0.946 bits per heavy atom. The summed E-state index contributed by atoms with van der Waals surface area (Å²) in [6.07, 6.45) is 5.15. The van der Waals surface area contributed by atoms with Crippen LogP contribution in [0.2, 0.25) is 26.2 Å². The fourth-order valence-corrected chi connectivity index (χ4v) is 27.0. The molecule has 1 fully saturated rings. The van der Waals surface area contributed by atoms with Gasteiger partial charge in [0.05, 0.1) is 0 Å². The maximum absolute atomic E-state index is 2.87. The van der Waals surface area contributed by atoms with Crippen LogP contribution in [0.4, 0.5) is 0 Å². The van der Waals surface area contributed by atoms with E-state index in [-0.39, 0.29) is 0 Å². The van der Waals surface area contributed by atoms with Gasteiger partial charge in [0.25, 0.3) is 0 Å². The van der Waals surface area contributed by atoms with E-state index in [0.717, 1.165) is 0 Å². The first-order valence-corrected chi connectivity index (χ1v) is 30.0. The van der Waals surface area contributed by atoms with Crippen LogP contribution in [-0.4, -0.2) is 24.2 Å². The van der Waals surface area contributed by atoms with Gasteiger partial charge in [0.2, 0.25) is 0 Å². The Hall–Kier alpha value is -4.11. The molecule has 0 nitrogen and oxygen atoms in total. The monoisotopic (exact) mass is 808 g/mol. The number of hydrogen-bond donors (Lipinski definition) is 0. The van der Waals surface area contributed by atoms with Gasteiger partial charge in [0.1, 0.15) is 16.1 Å². The van der Waals surface area contributed by atoms with Gasteiger partial charge in [0.15, 0.2) is 8.07 Å². The zero-order chi connectivity index (χ0) is 38.1. The van der Waals surface area contributed by atoms with Gasteiger partial charge in [-0.05, 0) is 89.1 Å². The highest BCUT2D eigenvalue weighted by Crippen LogP contribution is 2.44. The SMILES string of the molecule is C[Si]1(C)c2ccccc2Sc2c(-c3ccc([Si](c4ccccc4)(c4ccccc4)c4cccc5c4Sc4ccccc4[Si]5(C)C)cc3C3CCCC3)cccc21. The maximum atomic E-state index is 2.74. The van der Waals surface area contributed by atoms with Crippen molar-refractivity contribution in [2.45, 2.75) is 77.4 Å². The highest BCUT2D eigenvalue weighted by Gasteiger charge is 2.47. The number of rotatable bonds is 6.